The first-order valence-corrected chi connectivity index (χ1v) is 10.6. The molecule has 0 spiro atoms. The first-order valence-electron chi connectivity index (χ1n) is 8.79. The summed E-state index contributed by atoms with van der Waals surface area (Å²) in [6.07, 6.45) is 1.10. The Labute approximate surface area is 161 Å². The molecule has 2 aromatic heterocycles. The summed E-state index contributed by atoms with van der Waals surface area (Å²) in [7, 11) is 0. The molecule has 0 radical (unpaired) electrons. The maximum atomic E-state index is 5.49. The molecular weight excluding hydrogens is 366 g/mol. The Bertz CT molecular complexity index is 865. The number of fused-ring (bicyclic) bond motifs is 1. The number of thioether (sulfide) groups is 1. The third-order valence-corrected chi connectivity index (χ3v) is 5.91. The number of anilines is 3. The van der Waals surface area contributed by atoms with Gasteiger partial charge in [0.25, 0.3) is 0 Å². The van der Waals surface area contributed by atoms with Gasteiger partial charge in [-0.2, -0.15) is 0 Å². The molecule has 0 saturated carbocycles. The van der Waals surface area contributed by atoms with Crippen LogP contribution in [-0.2, 0) is 4.74 Å². The summed E-state index contributed by atoms with van der Waals surface area (Å²) >= 11 is 3.28. The summed E-state index contributed by atoms with van der Waals surface area (Å²) in [5.41, 5.74) is 1.89. The van der Waals surface area contributed by atoms with E-state index < -0.39 is 0 Å². The van der Waals surface area contributed by atoms with Crippen LogP contribution in [0.3, 0.4) is 0 Å². The van der Waals surface area contributed by atoms with Crippen molar-refractivity contribution in [2.45, 2.75) is 18.5 Å². The van der Waals surface area contributed by atoms with E-state index in [0.29, 0.717) is 0 Å². The number of hydrogen-bond acceptors (Lipinski definition) is 8. The minimum absolute atomic E-state index is 0.724. The second kappa shape index (κ2) is 8.20. The van der Waals surface area contributed by atoms with Crippen molar-refractivity contribution in [2.24, 2.45) is 0 Å². The maximum Gasteiger partial charge on any atom is 0.191 e. The van der Waals surface area contributed by atoms with Gasteiger partial charge in [-0.05, 0) is 18.6 Å². The molecule has 1 aromatic carbocycles. The minimum Gasteiger partial charge on any atom is -0.378 e. The molecule has 26 heavy (non-hydrogen) atoms. The van der Waals surface area contributed by atoms with Crippen LogP contribution in [0.5, 0.6) is 0 Å². The molecule has 1 aliphatic rings. The summed E-state index contributed by atoms with van der Waals surface area (Å²) in [4.78, 5) is 17.5. The highest BCUT2D eigenvalue weighted by Gasteiger charge is 2.20. The van der Waals surface area contributed by atoms with Crippen molar-refractivity contribution in [3.8, 4) is 0 Å². The van der Waals surface area contributed by atoms with Crippen molar-refractivity contribution in [1.82, 2.24) is 15.0 Å². The minimum atomic E-state index is 0.724. The van der Waals surface area contributed by atoms with Crippen LogP contribution in [0.15, 0.2) is 35.5 Å². The van der Waals surface area contributed by atoms with E-state index in [9.17, 15) is 0 Å². The number of aromatic nitrogens is 3. The van der Waals surface area contributed by atoms with E-state index in [2.05, 4.69) is 17.1 Å². The molecule has 3 heterocycles. The molecule has 0 bridgehead atoms. The van der Waals surface area contributed by atoms with Gasteiger partial charge in [0.15, 0.2) is 20.9 Å². The Morgan fingerprint density at radius 1 is 1.15 bits per heavy atom. The van der Waals surface area contributed by atoms with Crippen LogP contribution in [0.1, 0.15) is 13.3 Å². The number of para-hydroxylation sites is 1. The number of nitrogens with one attached hydrogen (secondary N) is 1. The summed E-state index contributed by atoms with van der Waals surface area (Å²) in [5, 5.41) is 5.05. The largest absolute Gasteiger partial charge is 0.378 e. The smallest absolute Gasteiger partial charge is 0.191 e. The van der Waals surface area contributed by atoms with Gasteiger partial charge in [0.05, 0.1) is 13.2 Å². The van der Waals surface area contributed by atoms with Gasteiger partial charge in [0, 0.05) is 24.5 Å². The third-order valence-electron chi connectivity index (χ3n) is 3.99. The summed E-state index contributed by atoms with van der Waals surface area (Å²) in [5.74, 6) is 1.94. The Morgan fingerprint density at radius 2 is 1.96 bits per heavy atom. The summed E-state index contributed by atoms with van der Waals surface area (Å²) in [6, 6.07) is 10.1. The molecule has 0 atom stereocenters. The van der Waals surface area contributed by atoms with Gasteiger partial charge in [0.2, 0.25) is 0 Å². The van der Waals surface area contributed by atoms with Crippen LogP contribution in [0.25, 0.3) is 10.3 Å². The average Bonchev–Trinajstić information content (AvgIpc) is 3.09. The van der Waals surface area contributed by atoms with Crippen molar-refractivity contribution < 1.29 is 4.74 Å². The second-order valence-corrected chi connectivity index (χ2v) is 7.98. The number of rotatable bonds is 6. The fourth-order valence-corrected chi connectivity index (χ4v) is 4.35. The monoisotopic (exact) mass is 387 g/mol. The Kier molecular flexibility index (Phi) is 5.52. The molecule has 0 unspecified atom stereocenters. The standard InChI is InChI=1S/C18H21N5OS2/c1-2-12-25-17-21-15(23-8-10-24-11-9-23)14-16(22-17)26-18(20-14)19-13-6-4-3-5-7-13/h3-7H,2,8-12H2,1H3,(H,19,20). The lowest BCUT2D eigenvalue weighted by atomic mass is 10.3. The van der Waals surface area contributed by atoms with Crippen molar-refractivity contribution >= 4 is 50.1 Å². The zero-order valence-corrected chi connectivity index (χ0v) is 16.3. The predicted molar refractivity (Wildman–Crippen MR) is 109 cm³/mol. The number of hydrogen-bond donors (Lipinski definition) is 1. The van der Waals surface area contributed by atoms with E-state index in [1.54, 1.807) is 23.1 Å². The van der Waals surface area contributed by atoms with Crippen LogP contribution in [0.2, 0.25) is 0 Å². The Morgan fingerprint density at radius 3 is 2.73 bits per heavy atom. The van der Waals surface area contributed by atoms with E-state index in [0.717, 1.165) is 70.6 Å². The van der Waals surface area contributed by atoms with Crippen molar-refractivity contribution in [2.75, 3.05) is 42.3 Å². The highest BCUT2D eigenvalue weighted by Crippen LogP contribution is 2.34. The molecule has 3 aromatic rings. The fourth-order valence-electron chi connectivity index (χ4n) is 2.74. The Balaban J connectivity index is 1.71. The van der Waals surface area contributed by atoms with Gasteiger partial charge >= 0.3 is 0 Å². The fraction of sp³-hybridized carbons (Fsp3) is 0.389. The van der Waals surface area contributed by atoms with E-state index in [1.165, 1.54) is 0 Å². The predicted octanol–water partition coefficient (Wildman–Crippen LogP) is 4.17. The van der Waals surface area contributed by atoms with E-state index in [-0.39, 0.29) is 0 Å². The van der Waals surface area contributed by atoms with E-state index >= 15 is 0 Å². The molecule has 1 N–H and O–H groups in total. The number of nitrogens with zero attached hydrogens (tertiary/aromatic N) is 4. The molecule has 0 amide bonds. The zero-order chi connectivity index (χ0) is 17.8. The quantitative estimate of drug-likeness (QED) is 0.503. The molecule has 4 rings (SSSR count). The first-order chi connectivity index (χ1) is 12.8. The second-order valence-electron chi connectivity index (χ2n) is 5.94. The lowest BCUT2D eigenvalue weighted by Crippen LogP contribution is -2.37. The van der Waals surface area contributed by atoms with Gasteiger partial charge in [0.1, 0.15) is 5.52 Å². The number of ether oxygens (including phenoxy) is 1. The maximum absolute atomic E-state index is 5.49. The number of morpholine rings is 1. The first kappa shape index (κ1) is 17.5. The molecule has 136 valence electrons. The van der Waals surface area contributed by atoms with Crippen molar-refractivity contribution in [3.05, 3.63) is 30.3 Å². The molecule has 0 aliphatic carbocycles. The zero-order valence-electron chi connectivity index (χ0n) is 14.6. The molecule has 8 heteroatoms. The third kappa shape index (κ3) is 3.92. The van der Waals surface area contributed by atoms with Gasteiger partial charge in [-0.1, -0.05) is 48.2 Å². The van der Waals surface area contributed by atoms with Crippen LogP contribution in [0.4, 0.5) is 16.6 Å². The molecule has 1 aliphatic heterocycles. The van der Waals surface area contributed by atoms with Crippen LogP contribution < -0.4 is 10.2 Å². The van der Waals surface area contributed by atoms with Gasteiger partial charge < -0.3 is 15.0 Å². The van der Waals surface area contributed by atoms with Gasteiger partial charge in [-0.3, -0.25) is 0 Å². The normalized spacial score (nSPS) is 14.7. The van der Waals surface area contributed by atoms with E-state index in [1.807, 2.05) is 30.3 Å². The van der Waals surface area contributed by atoms with Gasteiger partial charge in [-0.25, -0.2) is 15.0 Å². The number of benzene rings is 1. The molecule has 1 fully saturated rings. The summed E-state index contributed by atoms with van der Waals surface area (Å²) in [6.45, 7) is 5.29. The van der Waals surface area contributed by atoms with Crippen molar-refractivity contribution in [3.63, 3.8) is 0 Å². The van der Waals surface area contributed by atoms with Crippen LogP contribution in [0, 0.1) is 0 Å². The average molecular weight is 388 g/mol. The van der Waals surface area contributed by atoms with E-state index in [4.69, 9.17) is 19.7 Å². The molecular formula is C18H21N5OS2. The topological polar surface area (TPSA) is 63.2 Å². The Hall–Kier alpha value is -1.90. The van der Waals surface area contributed by atoms with Crippen LogP contribution >= 0.6 is 23.1 Å². The van der Waals surface area contributed by atoms with Crippen molar-refractivity contribution in [1.29, 1.82) is 0 Å². The lowest BCUT2D eigenvalue weighted by molar-refractivity contribution is 0.122. The molecule has 1 saturated heterocycles. The lowest BCUT2D eigenvalue weighted by Gasteiger charge is -2.28. The number of thiazole rings is 1. The highest BCUT2D eigenvalue weighted by molar-refractivity contribution is 7.99. The van der Waals surface area contributed by atoms with Crippen LogP contribution in [-0.4, -0.2) is 47.0 Å². The SMILES string of the molecule is CCCSc1nc(N2CCOCC2)c2nc(Nc3ccccc3)sc2n1. The van der Waals surface area contributed by atoms with Gasteiger partial charge in [-0.15, -0.1) is 0 Å². The summed E-state index contributed by atoms with van der Waals surface area (Å²) < 4.78 is 5.49. The highest BCUT2D eigenvalue weighted by atomic mass is 32.2. The molecule has 6 nitrogen and oxygen atoms in total.